The smallest absolute Gasteiger partial charge is 0.349 e. The molecular formula is C14H10Cl5O4P. The molecule has 0 heterocycles. The predicted molar refractivity (Wildman–Crippen MR) is 98.7 cm³/mol. The number of hydrogen-bond acceptors (Lipinski definition) is 2. The lowest BCUT2D eigenvalue weighted by Gasteiger charge is -2.35. The van der Waals surface area contributed by atoms with E-state index in [9.17, 15) is 19.5 Å². The SMILES string of the molecule is O=P(O)(O)C=C(c1ccc(Cl)cc1)C1(O)C=C(Cl)C(Cl)=C(Cl)C1Cl. The second-order valence-corrected chi connectivity index (χ2v) is 8.48. The number of aliphatic hydroxyl groups is 1. The van der Waals surface area contributed by atoms with Gasteiger partial charge in [0.2, 0.25) is 0 Å². The van der Waals surface area contributed by atoms with E-state index in [1.54, 1.807) is 0 Å². The van der Waals surface area contributed by atoms with Crippen LogP contribution in [0.15, 0.2) is 51.3 Å². The molecule has 0 saturated carbocycles. The number of halogens is 5. The average Bonchev–Trinajstić information content (AvgIpc) is 2.49. The van der Waals surface area contributed by atoms with E-state index in [0.29, 0.717) is 10.8 Å². The maximum Gasteiger partial charge on any atom is 0.349 e. The van der Waals surface area contributed by atoms with Gasteiger partial charge in [0.05, 0.1) is 15.1 Å². The summed E-state index contributed by atoms with van der Waals surface area (Å²) in [5, 5.41) is 9.85. The minimum Gasteiger partial charge on any atom is -0.379 e. The first-order valence-corrected chi connectivity index (χ1v) is 9.93. The molecule has 2 atom stereocenters. The van der Waals surface area contributed by atoms with Crippen LogP contribution in [-0.2, 0) is 4.57 Å². The Balaban J connectivity index is 2.71. The van der Waals surface area contributed by atoms with E-state index in [4.69, 9.17) is 58.0 Å². The molecule has 1 aromatic carbocycles. The minimum atomic E-state index is -4.67. The fourth-order valence-corrected chi connectivity index (χ4v) is 4.08. The highest BCUT2D eigenvalue weighted by atomic mass is 35.5. The highest BCUT2D eigenvalue weighted by molar-refractivity contribution is 7.55. The molecule has 24 heavy (non-hydrogen) atoms. The third-order valence-electron chi connectivity index (χ3n) is 3.26. The van der Waals surface area contributed by atoms with E-state index in [1.807, 2.05) is 0 Å². The van der Waals surface area contributed by atoms with Crippen LogP contribution in [0, 0.1) is 0 Å². The molecule has 0 aromatic heterocycles. The van der Waals surface area contributed by atoms with Gasteiger partial charge in [-0.05, 0) is 23.8 Å². The molecule has 130 valence electrons. The molecule has 1 aliphatic carbocycles. The van der Waals surface area contributed by atoms with Crippen molar-refractivity contribution in [2.75, 3.05) is 0 Å². The minimum absolute atomic E-state index is 0.0466. The first-order valence-electron chi connectivity index (χ1n) is 6.30. The molecule has 4 nitrogen and oxygen atoms in total. The third kappa shape index (κ3) is 4.21. The first-order chi connectivity index (χ1) is 11.0. The Bertz CT molecular complexity index is 796. The maximum absolute atomic E-state index is 11.5. The molecule has 2 rings (SSSR count). The molecular weight excluding hydrogens is 440 g/mol. The fraction of sp³-hybridized carbons (Fsp3) is 0.143. The summed E-state index contributed by atoms with van der Waals surface area (Å²) in [4.78, 5) is 18.7. The van der Waals surface area contributed by atoms with Crippen molar-refractivity contribution in [2.45, 2.75) is 11.0 Å². The molecule has 0 fully saturated rings. The van der Waals surface area contributed by atoms with Crippen LogP contribution >= 0.6 is 65.6 Å². The summed E-state index contributed by atoms with van der Waals surface area (Å²) >= 11 is 29.9. The number of hydrogen-bond donors (Lipinski definition) is 3. The largest absolute Gasteiger partial charge is 0.379 e. The van der Waals surface area contributed by atoms with Crippen molar-refractivity contribution in [1.82, 2.24) is 0 Å². The Hall–Kier alpha value is -0.000000000000000111. The summed E-state index contributed by atoms with van der Waals surface area (Å²) in [6.07, 6.45) is 1.09. The summed E-state index contributed by atoms with van der Waals surface area (Å²) in [7, 11) is -4.67. The van der Waals surface area contributed by atoms with Crippen LogP contribution in [0.2, 0.25) is 5.02 Å². The fourth-order valence-electron chi connectivity index (χ4n) is 2.17. The van der Waals surface area contributed by atoms with Gasteiger partial charge in [-0.1, -0.05) is 58.5 Å². The number of alkyl halides is 1. The van der Waals surface area contributed by atoms with Crippen LogP contribution in [0.25, 0.3) is 5.57 Å². The predicted octanol–water partition coefficient (Wildman–Crippen LogP) is 5.02. The van der Waals surface area contributed by atoms with Gasteiger partial charge in [-0.25, -0.2) is 0 Å². The summed E-state index contributed by atoms with van der Waals surface area (Å²) in [6.45, 7) is 0. The van der Waals surface area contributed by atoms with Gasteiger partial charge in [0.15, 0.2) is 0 Å². The number of benzene rings is 1. The zero-order valence-electron chi connectivity index (χ0n) is 11.6. The Morgan fingerprint density at radius 3 is 2.17 bits per heavy atom. The van der Waals surface area contributed by atoms with Crippen molar-refractivity contribution in [3.05, 3.63) is 61.8 Å². The van der Waals surface area contributed by atoms with Gasteiger partial charge in [0, 0.05) is 16.4 Å². The molecule has 0 aliphatic heterocycles. The van der Waals surface area contributed by atoms with Crippen molar-refractivity contribution >= 4 is 71.2 Å². The van der Waals surface area contributed by atoms with Crippen LogP contribution in [0.5, 0.6) is 0 Å². The standard InChI is InChI=1S/C14H10Cl5O4P/c15-8-3-1-7(2-4-8)9(6-24(21,22)23)14(20)5-10(16)11(17)12(18)13(14)19/h1-6,13,20H,(H2,21,22,23). The summed E-state index contributed by atoms with van der Waals surface area (Å²) < 4.78 is 11.5. The van der Waals surface area contributed by atoms with E-state index in [1.165, 1.54) is 24.3 Å². The van der Waals surface area contributed by atoms with Crippen molar-refractivity contribution in [3.8, 4) is 0 Å². The third-order valence-corrected chi connectivity index (χ3v) is 6.07. The Morgan fingerprint density at radius 2 is 1.67 bits per heavy atom. The number of rotatable bonds is 3. The van der Waals surface area contributed by atoms with Crippen molar-refractivity contribution < 1.29 is 19.5 Å². The van der Waals surface area contributed by atoms with Crippen molar-refractivity contribution in [3.63, 3.8) is 0 Å². The summed E-state index contributed by atoms with van der Waals surface area (Å²) in [5.41, 5.74) is -1.99. The van der Waals surface area contributed by atoms with Crippen LogP contribution in [0.4, 0.5) is 0 Å². The van der Waals surface area contributed by atoms with Crippen LogP contribution in [0.3, 0.4) is 0 Å². The molecule has 0 bridgehead atoms. The van der Waals surface area contributed by atoms with E-state index in [0.717, 1.165) is 6.08 Å². The highest BCUT2D eigenvalue weighted by Crippen LogP contribution is 2.50. The van der Waals surface area contributed by atoms with Crippen LogP contribution in [-0.4, -0.2) is 25.9 Å². The lowest BCUT2D eigenvalue weighted by molar-refractivity contribution is 0.157. The van der Waals surface area contributed by atoms with Crippen LogP contribution < -0.4 is 0 Å². The number of allylic oxidation sites excluding steroid dienone is 2. The Kier molecular flexibility index (Phi) is 6.19. The molecule has 0 radical (unpaired) electrons. The second-order valence-electron chi connectivity index (χ2n) is 4.98. The van der Waals surface area contributed by atoms with Gasteiger partial charge in [-0.3, -0.25) is 4.57 Å². The molecule has 10 heteroatoms. The highest BCUT2D eigenvalue weighted by Gasteiger charge is 2.45. The molecule has 0 spiro atoms. The quantitative estimate of drug-likeness (QED) is 0.446. The molecule has 0 saturated heterocycles. The Labute approximate surface area is 163 Å². The van der Waals surface area contributed by atoms with Gasteiger partial charge < -0.3 is 14.9 Å². The molecule has 0 amide bonds. The maximum atomic E-state index is 11.5. The summed E-state index contributed by atoms with van der Waals surface area (Å²) in [5.74, 6) is 0.607. The lowest BCUT2D eigenvalue weighted by Crippen LogP contribution is -2.41. The monoisotopic (exact) mass is 448 g/mol. The van der Waals surface area contributed by atoms with E-state index in [2.05, 4.69) is 0 Å². The molecule has 1 aromatic rings. The summed E-state index contributed by atoms with van der Waals surface area (Å²) in [6, 6.07) is 5.94. The lowest BCUT2D eigenvalue weighted by atomic mass is 9.83. The van der Waals surface area contributed by atoms with Crippen LogP contribution in [0.1, 0.15) is 5.56 Å². The molecule has 2 unspecified atom stereocenters. The molecule has 3 N–H and O–H groups in total. The van der Waals surface area contributed by atoms with Gasteiger partial charge in [0.1, 0.15) is 11.0 Å². The Morgan fingerprint density at radius 1 is 1.12 bits per heavy atom. The van der Waals surface area contributed by atoms with Gasteiger partial charge >= 0.3 is 7.60 Å². The van der Waals surface area contributed by atoms with Crippen molar-refractivity contribution in [2.24, 2.45) is 0 Å². The van der Waals surface area contributed by atoms with E-state index in [-0.39, 0.29) is 26.2 Å². The van der Waals surface area contributed by atoms with Gasteiger partial charge in [-0.15, -0.1) is 11.6 Å². The molecule has 1 aliphatic rings. The van der Waals surface area contributed by atoms with Gasteiger partial charge in [-0.2, -0.15) is 0 Å². The second kappa shape index (κ2) is 7.32. The average molecular weight is 450 g/mol. The first kappa shape index (κ1) is 20.3. The zero-order valence-corrected chi connectivity index (χ0v) is 16.3. The van der Waals surface area contributed by atoms with Gasteiger partial charge in [0.25, 0.3) is 0 Å². The van der Waals surface area contributed by atoms with E-state index >= 15 is 0 Å². The topological polar surface area (TPSA) is 77.8 Å². The zero-order chi connectivity index (χ0) is 18.3. The van der Waals surface area contributed by atoms with E-state index < -0.39 is 18.6 Å². The van der Waals surface area contributed by atoms with Crippen molar-refractivity contribution in [1.29, 1.82) is 0 Å². The normalized spacial score (nSPS) is 25.8.